The number of methoxy groups -OCH3 is 3. The van der Waals surface area contributed by atoms with E-state index in [0.29, 0.717) is 28.5 Å². The van der Waals surface area contributed by atoms with E-state index >= 15 is 0 Å². The van der Waals surface area contributed by atoms with Crippen molar-refractivity contribution in [3.05, 3.63) is 36.0 Å². The number of carbonyl (C=O) groups is 1. The number of ether oxygens (including phenoxy) is 3. The van der Waals surface area contributed by atoms with Gasteiger partial charge in [-0.05, 0) is 18.2 Å². The van der Waals surface area contributed by atoms with Crippen LogP contribution in [0.2, 0.25) is 0 Å². The standard InChI is InChI=1S/C15H15NO5.Na.H/c1-19-9-4-5-10(15(17)18)11(8-9)13-14(21-3)12(20-2)6-7-16-13;;/h4-8H,1-3H3,(H,17,18);;/q;+1;-1. The van der Waals surface area contributed by atoms with Crippen molar-refractivity contribution in [3.63, 3.8) is 0 Å². The molecule has 2 rings (SSSR count). The number of aromatic nitrogens is 1. The quantitative estimate of drug-likeness (QED) is 0.756. The molecule has 1 aromatic heterocycles. The summed E-state index contributed by atoms with van der Waals surface area (Å²) in [7, 11) is 4.49. The second kappa shape index (κ2) is 8.03. The van der Waals surface area contributed by atoms with Gasteiger partial charge >= 0.3 is 35.5 Å². The van der Waals surface area contributed by atoms with Gasteiger partial charge in [-0.3, -0.25) is 4.98 Å². The Bertz CT molecular complexity index is 681. The number of hydrogen-bond donors (Lipinski definition) is 1. The van der Waals surface area contributed by atoms with Crippen molar-refractivity contribution in [2.45, 2.75) is 0 Å². The molecule has 0 amide bonds. The zero-order valence-corrected chi connectivity index (χ0v) is 14.9. The Morgan fingerprint density at radius 2 is 1.86 bits per heavy atom. The van der Waals surface area contributed by atoms with Crippen LogP contribution in [0, 0.1) is 0 Å². The summed E-state index contributed by atoms with van der Waals surface area (Å²) in [6, 6.07) is 6.30. The van der Waals surface area contributed by atoms with Crippen molar-refractivity contribution in [2.75, 3.05) is 21.3 Å². The van der Waals surface area contributed by atoms with Gasteiger partial charge < -0.3 is 20.7 Å². The summed E-state index contributed by atoms with van der Waals surface area (Å²) in [6.07, 6.45) is 1.53. The number of hydrogen-bond acceptors (Lipinski definition) is 5. The van der Waals surface area contributed by atoms with Crippen LogP contribution in [0.5, 0.6) is 17.2 Å². The Morgan fingerprint density at radius 3 is 2.41 bits per heavy atom. The molecule has 2 aromatic rings. The van der Waals surface area contributed by atoms with Gasteiger partial charge in [0.25, 0.3) is 0 Å². The van der Waals surface area contributed by atoms with E-state index in [4.69, 9.17) is 14.2 Å². The number of pyridine rings is 1. The van der Waals surface area contributed by atoms with Gasteiger partial charge in [0.2, 0.25) is 0 Å². The van der Waals surface area contributed by atoms with Crippen LogP contribution in [-0.2, 0) is 0 Å². The predicted octanol–water partition coefficient (Wildman–Crippen LogP) is -0.411. The number of aromatic carboxylic acids is 1. The maximum Gasteiger partial charge on any atom is 1.00 e. The summed E-state index contributed by atoms with van der Waals surface area (Å²) in [5.74, 6) is 0.318. The van der Waals surface area contributed by atoms with E-state index in [9.17, 15) is 9.90 Å². The third-order valence-corrected chi connectivity index (χ3v) is 3.00. The molecule has 0 aliphatic heterocycles. The number of benzene rings is 1. The summed E-state index contributed by atoms with van der Waals surface area (Å²) < 4.78 is 15.7. The third kappa shape index (κ3) is 3.52. The molecule has 0 radical (unpaired) electrons. The monoisotopic (exact) mass is 313 g/mol. The number of nitrogens with zero attached hydrogens (tertiary/aromatic N) is 1. The van der Waals surface area contributed by atoms with Crippen LogP contribution >= 0.6 is 0 Å². The summed E-state index contributed by atoms with van der Waals surface area (Å²) >= 11 is 0. The molecule has 0 aliphatic carbocycles. The smallest absolute Gasteiger partial charge is 1.00 e. The van der Waals surface area contributed by atoms with Gasteiger partial charge in [-0.2, -0.15) is 0 Å². The molecule has 0 atom stereocenters. The molecular formula is C15H16NNaO5. The fourth-order valence-corrected chi connectivity index (χ4v) is 2.01. The van der Waals surface area contributed by atoms with Crippen molar-refractivity contribution in [3.8, 4) is 28.5 Å². The normalized spacial score (nSPS) is 9.59. The van der Waals surface area contributed by atoms with Gasteiger partial charge in [-0.1, -0.05) is 0 Å². The summed E-state index contributed by atoms with van der Waals surface area (Å²) in [5.41, 5.74) is 0.889. The number of rotatable bonds is 5. The van der Waals surface area contributed by atoms with Crippen molar-refractivity contribution >= 4 is 5.97 Å². The molecule has 0 saturated carbocycles. The predicted molar refractivity (Wildman–Crippen MR) is 77.4 cm³/mol. The third-order valence-electron chi connectivity index (χ3n) is 3.00. The molecule has 0 fully saturated rings. The summed E-state index contributed by atoms with van der Waals surface area (Å²) in [6.45, 7) is 0. The maximum atomic E-state index is 11.4. The fourth-order valence-electron chi connectivity index (χ4n) is 2.01. The molecule has 0 unspecified atom stereocenters. The van der Waals surface area contributed by atoms with E-state index in [-0.39, 0.29) is 36.5 Å². The minimum absolute atomic E-state index is 0. The van der Waals surface area contributed by atoms with E-state index in [2.05, 4.69) is 4.98 Å². The number of carboxylic acids is 1. The van der Waals surface area contributed by atoms with Gasteiger partial charge in [0, 0.05) is 17.8 Å². The molecular weight excluding hydrogens is 297 g/mol. The Morgan fingerprint density at radius 1 is 1.14 bits per heavy atom. The summed E-state index contributed by atoms with van der Waals surface area (Å²) in [4.78, 5) is 15.6. The molecule has 0 spiro atoms. The Kier molecular flexibility index (Phi) is 6.67. The average molecular weight is 313 g/mol. The molecule has 0 saturated heterocycles. The number of carboxylic acid groups (broad SMARTS) is 1. The minimum atomic E-state index is -1.06. The second-order valence-corrected chi connectivity index (χ2v) is 4.11. The van der Waals surface area contributed by atoms with Gasteiger partial charge in [0.15, 0.2) is 11.5 Å². The first kappa shape index (κ1) is 18.3. The van der Waals surface area contributed by atoms with E-state index in [1.54, 1.807) is 18.2 Å². The van der Waals surface area contributed by atoms with Crippen molar-refractivity contribution in [1.29, 1.82) is 0 Å². The van der Waals surface area contributed by atoms with Gasteiger partial charge in [0.1, 0.15) is 11.4 Å². The van der Waals surface area contributed by atoms with E-state index in [1.165, 1.54) is 33.6 Å². The van der Waals surface area contributed by atoms with Crippen molar-refractivity contribution < 1.29 is 55.1 Å². The molecule has 112 valence electrons. The van der Waals surface area contributed by atoms with Crippen LogP contribution in [0.1, 0.15) is 11.8 Å². The molecule has 6 nitrogen and oxygen atoms in total. The zero-order chi connectivity index (χ0) is 15.4. The van der Waals surface area contributed by atoms with Gasteiger partial charge in [-0.15, -0.1) is 0 Å². The fraction of sp³-hybridized carbons (Fsp3) is 0.200. The van der Waals surface area contributed by atoms with E-state index in [0.717, 1.165) is 0 Å². The molecule has 22 heavy (non-hydrogen) atoms. The molecule has 7 heteroatoms. The van der Waals surface area contributed by atoms with Crippen LogP contribution in [0.25, 0.3) is 11.3 Å². The first-order valence-corrected chi connectivity index (χ1v) is 6.11. The molecule has 0 aliphatic rings. The van der Waals surface area contributed by atoms with Crippen LogP contribution in [0.15, 0.2) is 30.5 Å². The van der Waals surface area contributed by atoms with Gasteiger partial charge in [-0.25, -0.2) is 4.79 Å². The molecule has 1 aromatic carbocycles. The Balaban J connectivity index is 0.00000242. The Labute approximate surface area is 151 Å². The van der Waals surface area contributed by atoms with E-state index < -0.39 is 5.97 Å². The topological polar surface area (TPSA) is 77.9 Å². The minimum Gasteiger partial charge on any atom is -1.00 e. The maximum absolute atomic E-state index is 11.4. The van der Waals surface area contributed by atoms with Gasteiger partial charge in [0.05, 0.1) is 26.9 Å². The molecule has 0 bridgehead atoms. The SMILES string of the molecule is COc1ccc(C(=O)O)c(-c2nccc(OC)c2OC)c1.[H-].[Na+]. The van der Waals surface area contributed by atoms with Crippen LogP contribution in [0.3, 0.4) is 0 Å². The van der Waals surface area contributed by atoms with Crippen molar-refractivity contribution in [1.82, 2.24) is 4.98 Å². The van der Waals surface area contributed by atoms with Crippen molar-refractivity contribution in [2.24, 2.45) is 0 Å². The molecule has 1 heterocycles. The first-order valence-electron chi connectivity index (χ1n) is 6.11. The zero-order valence-electron chi connectivity index (χ0n) is 13.9. The average Bonchev–Trinajstić information content (AvgIpc) is 2.53. The summed E-state index contributed by atoms with van der Waals surface area (Å²) in [5, 5.41) is 9.34. The molecule has 1 N–H and O–H groups in total. The van der Waals surface area contributed by atoms with Crippen LogP contribution in [0.4, 0.5) is 0 Å². The first-order chi connectivity index (χ1) is 10.1. The second-order valence-electron chi connectivity index (χ2n) is 4.11. The van der Waals surface area contributed by atoms with Crippen LogP contribution < -0.4 is 43.8 Å². The van der Waals surface area contributed by atoms with E-state index in [1.807, 2.05) is 0 Å². The van der Waals surface area contributed by atoms with Crippen LogP contribution in [-0.4, -0.2) is 37.4 Å². The Hall–Kier alpha value is -1.76. The largest absolute Gasteiger partial charge is 1.00 e.